The highest BCUT2D eigenvalue weighted by Crippen LogP contribution is 2.12. The number of amides is 1. The number of hydrogen-bond acceptors (Lipinski definition) is 5. The number of rotatable bonds is 6. The molecule has 2 rings (SSSR count). The Hall–Kier alpha value is -1.63. The summed E-state index contributed by atoms with van der Waals surface area (Å²) in [5.74, 6) is 0.488. The molecule has 0 saturated carbocycles. The molecule has 1 heterocycles. The van der Waals surface area contributed by atoms with E-state index >= 15 is 0 Å². The van der Waals surface area contributed by atoms with Crippen molar-refractivity contribution < 1.29 is 19.7 Å². The third-order valence-electron chi connectivity index (χ3n) is 3.37. The minimum atomic E-state index is -0.777. The lowest BCUT2D eigenvalue weighted by atomic mass is 10.2. The molecule has 116 valence electrons. The van der Waals surface area contributed by atoms with Crippen molar-refractivity contribution in [1.29, 1.82) is 0 Å². The Bertz CT molecular complexity index is 480. The van der Waals surface area contributed by atoms with E-state index in [-0.39, 0.29) is 25.1 Å². The Morgan fingerprint density at radius 1 is 1.57 bits per heavy atom. The van der Waals surface area contributed by atoms with E-state index in [2.05, 4.69) is 10.6 Å². The van der Waals surface area contributed by atoms with E-state index in [4.69, 9.17) is 4.74 Å². The lowest BCUT2D eigenvalue weighted by molar-refractivity contribution is -0.123. The summed E-state index contributed by atoms with van der Waals surface area (Å²) in [6.07, 6.45) is -0.849. The molecule has 1 aromatic carbocycles. The largest absolute Gasteiger partial charge is 0.491 e. The first kappa shape index (κ1) is 15.8. The van der Waals surface area contributed by atoms with Crippen molar-refractivity contribution in [2.75, 3.05) is 19.7 Å². The van der Waals surface area contributed by atoms with E-state index in [9.17, 15) is 15.0 Å². The lowest BCUT2D eigenvalue weighted by Gasteiger charge is -2.15. The Morgan fingerprint density at radius 3 is 3.05 bits per heavy atom. The van der Waals surface area contributed by atoms with Crippen molar-refractivity contribution in [2.45, 2.75) is 31.6 Å². The van der Waals surface area contributed by atoms with E-state index in [0.717, 1.165) is 5.56 Å². The molecule has 1 saturated heterocycles. The first-order valence-electron chi connectivity index (χ1n) is 7.11. The van der Waals surface area contributed by atoms with Crippen molar-refractivity contribution in [3.63, 3.8) is 0 Å². The van der Waals surface area contributed by atoms with Crippen LogP contribution in [0.3, 0.4) is 0 Å². The molecule has 6 nitrogen and oxygen atoms in total. The van der Waals surface area contributed by atoms with Gasteiger partial charge in [0, 0.05) is 13.1 Å². The topological polar surface area (TPSA) is 90.8 Å². The van der Waals surface area contributed by atoms with Gasteiger partial charge in [0.2, 0.25) is 5.91 Å². The minimum Gasteiger partial charge on any atom is -0.491 e. The molecule has 3 atom stereocenters. The second-order valence-electron chi connectivity index (χ2n) is 5.38. The molecular weight excluding hydrogens is 272 g/mol. The molecule has 0 bridgehead atoms. The Balaban J connectivity index is 1.67. The molecular formula is C15H22N2O4. The second kappa shape index (κ2) is 7.40. The fourth-order valence-corrected chi connectivity index (χ4v) is 2.21. The van der Waals surface area contributed by atoms with Crippen molar-refractivity contribution in [2.24, 2.45) is 0 Å². The van der Waals surface area contributed by atoms with Crippen LogP contribution in [0.4, 0.5) is 0 Å². The number of benzene rings is 1. The summed E-state index contributed by atoms with van der Waals surface area (Å²) in [5, 5.41) is 24.7. The SMILES string of the molecule is Cc1cccc(OC[C@H](O)CNC(=O)[C@H]2C[C@@H](O)CN2)c1. The first-order valence-corrected chi connectivity index (χ1v) is 7.11. The fourth-order valence-electron chi connectivity index (χ4n) is 2.21. The molecule has 6 heteroatoms. The smallest absolute Gasteiger partial charge is 0.237 e. The number of aliphatic hydroxyl groups is 2. The summed E-state index contributed by atoms with van der Waals surface area (Å²) in [5.41, 5.74) is 1.08. The van der Waals surface area contributed by atoms with Crippen molar-refractivity contribution in [1.82, 2.24) is 10.6 Å². The van der Waals surface area contributed by atoms with Crippen LogP contribution in [0.15, 0.2) is 24.3 Å². The highest BCUT2D eigenvalue weighted by Gasteiger charge is 2.27. The summed E-state index contributed by atoms with van der Waals surface area (Å²) in [6, 6.07) is 7.17. The monoisotopic (exact) mass is 294 g/mol. The van der Waals surface area contributed by atoms with E-state index in [1.807, 2.05) is 31.2 Å². The molecule has 1 amide bonds. The van der Waals surface area contributed by atoms with Crippen LogP contribution in [0, 0.1) is 6.92 Å². The molecule has 0 radical (unpaired) electrons. The number of hydrogen-bond donors (Lipinski definition) is 4. The van der Waals surface area contributed by atoms with Gasteiger partial charge in [-0.3, -0.25) is 4.79 Å². The standard InChI is InChI=1S/C15H22N2O4/c1-10-3-2-4-13(5-10)21-9-12(19)8-17-15(20)14-6-11(18)7-16-14/h2-5,11-12,14,16,18-19H,6-9H2,1H3,(H,17,20)/t11-,12-,14-/m1/s1. The number of nitrogens with one attached hydrogen (secondary N) is 2. The molecule has 0 aromatic heterocycles. The number of carbonyl (C=O) groups is 1. The Labute approximate surface area is 124 Å². The van der Waals surface area contributed by atoms with E-state index in [1.165, 1.54) is 0 Å². The third kappa shape index (κ3) is 5.00. The van der Waals surface area contributed by atoms with E-state index in [1.54, 1.807) is 0 Å². The summed E-state index contributed by atoms with van der Waals surface area (Å²) < 4.78 is 5.47. The molecule has 1 aliphatic heterocycles. The Morgan fingerprint density at radius 2 is 2.38 bits per heavy atom. The highest BCUT2D eigenvalue weighted by atomic mass is 16.5. The van der Waals surface area contributed by atoms with Gasteiger partial charge < -0.3 is 25.6 Å². The summed E-state index contributed by atoms with van der Waals surface area (Å²) >= 11 is 0. The van der Waals surface area contributed by atoms with E-state index in [0.29, 0.717) is 18.7 Å². The van der Waals surface area contributed by atoms with Gasteiger partial charge in [-0.1, -0.05) is 12.1 Å². The number of aliphatic hydroxyl groups excluding tert-OH is 2. The van der Waals surface area contributed by atoms with Gasteiger partial charge in [-0.25, -0.2) is 0 Å². The zero-order valence-electron chi connectivity index (χ0n) is 12.1. The predicted molar refractivity (Wildman–Crippen MR) is 78.1 cm³/mol. The maximum absolute atomic E-state index is 11.8. The van der Waals surface area contributed by atoms with Gasteiger partial charge in [-0.15, -0.1) is 0 Å². The summed E-state index contributed by atoms with van der Waals surface area (Å²) in [7, 11) is 0. The lowest BCUT2D eigenvalue weighted by Crippen LogP contribution is -2.44. The minimum absolute atomic E-state index is 0.116. The van der Waals surface area contributed by atoms with Crippen molar-refractivity contribution in [3.05, 3.63) is 29.8 Å². The molecule has 1 fully saturated rings. The van der Waals surface area contributed by atoms with Gasteiger partial charge in [0.15, 0.2) is 0 Å². The number of ether oxygens (including phenoxy) is 1. The molecule has 0 aliphatic carbocycles. The van der Waals surface area contributed by atoms with Gasteiger partial charge in [0.25, 0.3) is 0 Å². The van der Waals surface area contributed by atoms with Crippen LogP contribution in [-0.4, -0.2) is 54.1 Å². The van der Waals surface area contributed by atoms with Crippen LogP contribution < -0.4 is 15.4 Å². The summed E-state index contributed by atoms with van der Waals surface area (Å²) in [6.45, 7) is 2.63. The van der Waals surface area contributed by atoms with Crippen molar-refractivity contribution in [3.8, 4) is 5.75 Å². The average molecular weight is 294 g/mol. The van der Waals surface area contributed by atoms with Crippen LogP contribution >= 0.6 is 0 Å². The molecule has 0 spiro atoms. The highest BCUT2D eigenvalue weighted by molar-refractivity contribution is 5.82. The average Bonchev–Trinajstić information content (AvgIpc) is 2.89. The molecule has 4 N–H and O–H groups in total. The van der Waals surface area contributed by atoms with Crippen LogP contribution in [0.2, 0.25) is 0 Å². The number of β-amino-alcohol motifs (C(OH)–C–C–N with tert-alkyl or cyclic N) is 1. The second-order valence-corrected chi connectivity index (χ2v) is 5.38. The maximum Gasteiger partial charge on any atom is 0.237 e. The van der Waals surface area contributed by atoms with Gasteiger partial charge in [0.05, 0.1) is 12.1 Å². The molecule has 1 aromatic rings. The predicted octanol–water partition coefficient (Wildman–Crippen LogP) is -0.426. The van der Waals surface area contributed by atoms with Crippen LogP contribution in [-0.2, 0) is 4.79 Å². The molecule has 1 aliphatic rings. The third-order valence-corrected chi connectivity index (χ3v) is 3.37. The maximum atomic E-state index is 11.8. The van der Waals surface area contributed by atoms with Gasteiger partial charge in [-0.2, -0.15) is 0 Å². The normalized spacial score (nSPS) is 22.8. The number of carbonyl (C=O) groups excluding carboxylic acids is 1. The fraction of sp³-hybridized carbons (Fsp3) is 0.533. The van der Waals surface area contributed by atoms with Gasteiger partial charge >= 0.3 is 0 Å². The first-order chi connectivity index (χ1) is 10.0. The quantitative estimate of drug-likeness (QED) is 0.572. The van der Waals surface area contributed by atoms with Crippen LogP contribution in [0.5, 0.6) is 5.75 Å². The molecule has 21 heavy (non-hydrogen) atoms. The van der Waals surface area contributed by atoms with E-state index < -0.39 is 12.2 Å². The molecule has 0 unspecified atom stereocenters. The van der Waals surface area contributed by atoms with Gasteiger partial charge in [-0.05, 0) is 31.0 Å². The van der Waals surface area contributed by atoms with Gasteiger partial charge in [0.1, 0.15) is 18.5 Å². The zero-order chi connectivity index (χ0) is 15.2. The Kier molecular flexibility index (Phi) is 5.55. The van der Waals surface area contributed by atoms with Crippen molar-refractivity contribution >= 4 is 5.91 Å². The summed E-state index contributed by atoms with van der Waals surface area (Å²) in [4.78, 5) is 11.8. The number of aryl methyl sites for hydroxylation is 1. The van der Waals surface area contributed by atoms with Crippen LogP contribution in [0.25, 0.3) is 0 Å². The zero-order valence-corrected chi connectivity index (χ0v) is 12.1. The van der Waals surface area contributed by atoms with Crippen LogP contribution in [0.1, 0.15) is 12.0 Å².